The molecule has 2 N–H and O–H groups in total. The minimum Gasteiger partial charge on any atom is -0.478 e. The van der Waals surface area contributed by atoms with Gasteiger partial charge < -0.3 is 5.11 Å². The van der Waals surface area contributed by atoms with E-state index in [0.29, 0.717) is 16.3 Å². The van der Waals surface area contributed by atoms with Crippen molar-refractivity contribution in [3.63, 3.8) is 0 Å². The third-order valence-electron chi connectivity index (χ3n) is 1.40. The minimum absolute atomic E-state index is 0.129. The van der Waals surface area contributed by atoms with Crippen LogP contribution in [0.5, 0.6) is 0 Å². The van der Waals surface area contributed by atoms with Crippen molar-refractivity contribution >= 4 is 35.9 Å². The second-order valence-electron chi connectivity index (χ2n) is 2.29. The minimum atomic E-state index is -1.03. The smallest absolute Gasteiger partial charge is 0.335 e. The Labute approximate surface area is 89.4 Å². The Morgan fingerprint density at radius 3 is 2.86 bits per heavy atom. The highest BCUT2D eigenvalue weighted by Crippen LogP contribution is 2.25. The molecule has 6 heteroatoms. The molecule has 1 amide bonds. The van der Waals surface area contributed by atoms with Gasteiger partial charge in [0.15, 0.2) is 0 Å². The molecule has 4 nitrogen and oxygen atoms in total. The summed E-state index contributed by atoms with van der Waals surface area (Å²) in [5.74, 6) is -1.03. The molecule has 74 valence electrons. The fourth-order valence-electron chi connectivity index (χ4n) is 0.802. The second-order valence-corrected chi connectivity index (χ2v) is 3.57. The van der Waals surface area contributed by atoms with Crippen molar-refractivity contribution < 1.29 is 14.7 Å². The predicted molar refractivity (Wildman–Crippen MR) is 53.5 cm³/mol. The van der Waals surface area contributed by atoms with Gasteiger partial charge in [0.2, 0.25) is 6.41 Å². The van der Waals surface area contributed by atoms with Crippen LogP contribution in [-0.2, 0) is 4.79 Å². The SMILES string of the molecule is O=CNSc1cc(C(=O)O)ccc1Cl. The van der Waals surface area contributed by atoms with Gasteiger partial charge in [0.05, 0.1) is 10.6 Å². The zero-order valence-corrected chi connectivity index (χ0v) is 8.43. The van der Waals surface area contributed by atoms with Crippen molar-refractivity contribution in [1.82, 2.24) is 4.72 Å². The molecular formula is C8H6ClNO3S. The van der Waals surface area contributed by atoms with Gasteiger partial charge in [0.25, 0.3) is 0 Å². The number of halogens is 1. The summed E-state index contributed by atoms with van der Waals surface area (Å²) < 4.78 is 2.33. The number of carbonyl (C=O) groups is 2. The first-order valence-corrected chi connectivity index (χ1v) is 4.73. The Balaban J connectivity index is 2.95. The third kappa shape index (κ3) is 2.65. The van der Waals surface area contributed by atoms with Crippen LogP contribution in [0.3, 0.4) is 0 Å². The van der Waals surface area contributed by atoms with Gasteiger partial charge in [-0.1, -0.05) is 11.6 Å². The van der Waals surface area contributed by atoms with Crippen molar-refractivity contribution in [3.05, 3.63) is 28.8 Å². The zero-order valence-electron chi connectivity index (χ0n) is 6.86. The number of hydrogen-bond acceptors (Lipinski definition) is 3. The maximum Gasteiger partial charge on any atom is 0.335 e. The largest absolute Gasteiger partial charge is 0.478 e. The van der Waals surface area contributed by atoms with Crippen LogP contribution in [0.25, 0.3) is 0 Å². The molecule has 0 aliphatic heterocycles. The first kappa shape index (κ1) is 10.9. The molecule has 0 saturated heterocycles. The van der Waals surface area contributed by atoms with Crippen LogP contribution in [0.4, 0.5) is 0 Å². The standard InChI is InChI=1S/C8H6ClNO3S/c9-6-2-1-5(8(12)13)3-7(6)14-10-4-11/h1-4H,(H,10,11)(H,12,13). The lowest BCUT2D eigenvalue weighted by Crippen LogP contribution is -2.00. The summed E-state index contributed by atoms with van der Waals surface area (Å²) in [6.07, 6.45) is 0.494. The molecular weight excluding hydrogens is 226 g/mol. The third-order valence-corrected chi connectivity index (χ3v) is 2.61. The molecule has 1 aromatic carbocycles. The fourth-order valence-corrected chi connectivity index (χ4v) is 1.56. The summed E-state index contributed by atoms with van der Waals surface area (Å²) in [5.41, 5.74) is 0.129. The van der Waals surface area contributed by atoms with Gasteiger partial charge in [-0.05, 0) is 30.1 Å². The molecule has 14 heavy (non-hydrogen) atoms. The Kier molecular flexibility index (Phi) is 3.79. The lowest BCUT2D eigenvalue weighted by molar-refractivity contribution is -0.107. The highest BCUT2D eigenvalue weighted by atomic mass is 35.5. The maximum atomic E-state index is 10.6. The lowest BCUT2D eigenvalue weighted by Gasteiger charge is -2.02. The molecule has 0 aliphatic carbocycles. The monoisotopic (exact) mass is 231 g/mol. The Hall–Kier alpha value is -1.20. The van der Waals surface area contributed by atoms with Gasteiger partial charge in [-0.25, -0.2) is 4.79 Å². The summed E-state index contributed by atoms with van der Waals surface area (Å²) in [5, 5.41) is 9.08. The molecule has 0 radical (unpaired) electrons. The maximum absolute atomic E-state index is 10.6. The highest BCUT2D eigenvalue weighted by molar-refractivity contribution is 7.98. The number of amides is 1. The number of aromatic carboxylic acids is 1. The molecule has 0 spiro atoms. The van der Waals surface area contributed by atoms with E-state index in [0.717, 1.165) is 11.9 Å². The van der Waals surface area contributed by atoms with Crippen LogP contribution in [0.2, 0.25) is 5.02 Å². The van der Waals surface area contributed by atoms with E-state index in [1.165, 1.54) is 18.2 Å². The van der Waals surface area contributed by atoms with Crippen molar-refractivity contribution in [3.8, 4) is 0 Å². The zero-order chi connectivity index (χ0) is 10.6. The van der Waals surface area contributed by atoms with Crippen LogP contribution < -0.4 is 4.72 Å². The van der Waals surface area contributed by atoms with Gasteiger partial charge in [-0.15, -0.1) is 0 Å². The highest BCUT2D eigenvalue weighted by Gasteiger charge is 2.07. The Morgan fingerprint density at radius 1 is 1.57 bits per heavy atom. The van der Waals surface area contributed by atoms with Crippen LogP contribution in [0.15, 0.2) is 23.1 Å². The molecule has 0 fully saturated rings. The van der Waals surface area contributed by atoms with Gasteiger partial charge in [0, 0.05) is 4.90 Å². The van der Waals surface area contributed by atoms with E-state index in [9.17, 15) is 9.59 Å². The number of rotatable bonds is 4. The number of hydrogen-bond donors (Lipinski definition) is 2. The second kappa shape index (κ2) is 4.88. The molecule has 0 aromatic heterocycles. The number of nitrogens with one attached hydrogen (secondary N) is 1. The molecule has 0 atom stereocenters. The molecule has 0 unspecified atom stereocenters. The Bertz CT molecular complexity index is 370. The fraction of sp³-hybridized carbons (Fsp3) is 0. The molecule has 0 bridgehead atoms. The van der Waals surface area contributed by atoms with Crippen molar-refractivity contribution in [2.45, 2.75) is 4.90 Å². The van der Waals surface area contributed by atoms with Crippen molar-refractivity contribution in [1.29, 1.82) is 0 Å². The van der Waals surface area contributed by atoms with E-state index >= 15 is 0 Å². The van der Waals surface area contributed by atoms with Gasteiger partial charge in [0.1, 0.15) is 0 Å². The van der Waals surface area contributed by atoms with E-state index in [-0.39, 0.29) is 5.56 Å². The van der Waals surface area contributed by atoms with E-state index in [2.05, 4.69) is 4.72 Å². The first-order valence-electron chi connectivity index (χ1n) is 3.54. The lowest BCUT2D eigenvalue weighted by atomic mass is 10.2. The summed E-state index contributed by atoms with van der Waals surface area (Å²) in [7, 11) is 0. The van der Waals surface area contributed by atoms with Crippen molar-refractivity contribution in [2.75, 3.05) is 0 Å². The topological polar surface area (TPSA) is 66.4 Å². The van der Waals surface area contributed by atoms with E-state index in [4.69, 9.17) is 16.7 Å². The average Bonchev–Trinajstić information content (AvgIpc) is 2.16. The molecule has 0 heterocycles. The average molecular weight is 232 g/mol. The summed E-state index contributed by atoms with van der Waals surface area (Å²) in [6.45, 7) is 0. The number of carbonyl (C=O) groups excluding carboxylic acids is 1. The summed E-state index contributed by atoms with van der Waals surface area (Å²) in [6, 6.07) is 4.27. The predicted octanol–water partition coefficient (Wildman–Crippen LogP) is 1.79. The summed E-state index contributed by atoms with van der Waals surface area (Å²) >= 11 is 6.73. The Morgan fingerprint density at radius 2 is 2.29 bits per heavy atom. The molecule has 1 rings (SSSR count). The van der Waals surface area contributed by atoms with Gasteiger partial charge in [-0.2, -0.15) is 0 Å². The number of benzene rings is 1. The first-order chi connectivity index (χ1) is 6.65. The summed E-state index contributed by atoms with van der Waals surface area (Å²) in [4.78, 5) is 21.1. The van der Waals surface area contributed by atoms with Crippen molar-refractivity contribution in [2.24, 2.45) is 0 Å². The van der Waals surface area contributed by atoms with Crippen LogP contribution in [-0.4, -0.2) is 17.5 Å². The number of carboxylic acids is 1. The van der Waals surface area contributed by atoms with Gasteiger partial charge >= 0.3 is 5.97 Å². The van der Waals surface area contributed by atoms with Crippen LogP contribution in [0.1, 0.15) is 10.4 Å². The van der Waals surface area contributed by atoms with Crippen LogP contribution in [0, 0.1) is 0 Å². The van der Waals surface area contributed by atoms with Crippen LogP contribution >= 0.6 is 23.5 Å². The number of carboxylic acid groups (broad SMARTS) is 1. The van der Waals surface area contributed by atoms with E-state index in [1.807, 2.05) is 0 Å². The molecule has 1 aromatic rings. The van der Waals surface area contributed by atoms with E-state index < -0.39 is 5.97 Å². The van der Waals surface area contributed by atoms with E-state index in [1.54, 1.807) is 0 Å². The van der Waals surface area contributed by atoms with Gasteiger partial charge in [-0.3, -0.25) is 9.52 Å². The quantitative estimate of drug-likeness (QED) is 0.613. The normalized spacial score (nSPS) is 9.50. The molecule has 0 saturated carbocycles. The molecule has 0 aliphatic rings.